The normalized spacial score (nSPS) is 24.1. The smallest absolute Gasteiger partial charge is 0.289 e. The first-order valence-corrected chi connectivity index (χ1v) is 19.6. The van der Waals surface area contributed by atoms with Gasteiger partial charge in [-0.2, -0.15) is 0 Å². The molecule has 54 heavy (non-hydrogen) atoms. The minimum atomic E-state index is -1.12. The fourth-order valence-corrected chi connectivity index (χ4v) is 8.05. The number of halogens is 1. The summed E-state index contributed by atoms with van der Waals surface area (Å²) < 4.78 is 16.4. The summed E-state index contributed by atoms with van der Waals surface area (Å²) in [6.45, 7) is 6.77. The van der Waals surface area contributed by atoms with Crippen LogP contribution in [0.5, 0.6) is 11.5 Å². The predicted molar refractivity (Wildman–Crippen MR) is 199 cm³/mol. The molecule has 3 heterocycles. The number of nitrogens with one attached hydrogen (secondary N) is 3. The molecular weight excluding hydrogens is 718 g/mol. The number of oxime groups is 1. The second-order valence-corrected chi connectivity index (χ2v) is 17.1. The average molecular weight is 772 g/mol. The van der Waals surface area contributed by atoms with Gasteiger partial charge in [-0.15, -0.1) is 0 Å². The Morgan fingerprint density at radius 3 is 2.30 bits per heavy atom. The molecule has 0 bridgehead atoms. The monoisotopic (exact) mass is 771 g/mol. The zero-order valence-electron chi connectivity index (χ0n) is 32.0. The number of rotatable bonds is 14. The maximum absolute atomic E-state index is 14.8. The lowest BCUT2D eigenvalue weighted by atomic mass is 9.80. The number of ketones is 1. The van der Waals surface area contributed by atoms with Crippen molar-refractivity contribution in [3.63, 3.8) is 0 Å². The summed E-state index contributed by atoms with van der Waals surface area (Å²) in [4.78, 5) is 76.7. The van der Waals surface area contributed by atoms with Crippen molar-refractivity contribution >= 4 is 46.7 Å². The molecule has 6 rings (SSSR count). The van der Waals surface area contributed by atoms with Gasteiger partial charge < -0.3 is 39.9 Å². The van der Waals surface area contributed by atoms with Crippen LogP contribution in [0.1, 0.15) is 97.0 Å². The molecule has 2 saturated heterocycles. The molecule has 2 saturated carbocycles. The Kier molecular flexibility index (Phi) is 12.1. The number of nitrogens with zero attached hydrogens (tertiary/aromatic N) is 2. The molecule has 1 aromatic rings. The standard InChI is InChI=1S/C39H54ClN5O9/c1-38(2,3)34(43-32(46)16-23-11-13-53-14-12-23)37(50)45-21-39(19-28(44-54-39)25-17-26(40)31(52-5)18-30(25)51-4)20-29(45)35(48)42-27(15-22-7-6-8-22)33(47)36(49)41-24-9-10-24/h17-18,22-24,27,29,34H,6-16,19-21H2,1-5H3,(H,41,49)(H,42,48)(H,43,46)/t27-,29-,34+,39+/m0/s1. The first-order chi connectivity index (χ1) is 25.7. The van der Waals surface area contributed by atoms with Gasteiger partial charge in [-0.05, 0) is 55.4 Å². The van der Waals surface area contributed by atoms with Crippen molar-refractivity contribution in [2.75, 3.05) is 34.0 Å². The summed E-state index contributed by atoms with van der Waals surface area (Å²) in [7, 11) is 3.02. The first-order valence-electron chi connectivity index (χ1n) is 19.2. The van der Waals surface area contributed by atoms with Crippen LogP contribution < -0.4 is 25.4 Å². The van der Waals surface area contributed by atoms with Crippen molar-refractivity contribution in [2.24, 2.45) is 22.4 Å². The van der Waals surface area contributed by atoms with Gasteiger partial charge >= 0.3 is 0 Å². The summed E-state index contributed by atoms with van der Waals surface area (Å²) in [6, 6.07) is 0.197. The number of methoxy groups -OCH3 is 2. The molecular formula is C39H54ClN5O9. The van der Waals surface area contributed by atoms with Crippen LogP contribution in [0.4, 0.5) is 0 Å². The number of hydrogen-bond donors (Lipinski definition) is 3. The number of hydrogen-bond acceptors (Lipinski definition) is 10. The molecule has 0 aromatic heterocycles. The number of amides is 4. The van der Waals surface area contributed by atoms with Gasteiger partial charge in [-0.25, -0.2) is 0 Å². The van der Waals surface area contributed by atoms with Crippen LogP contribution >= 0.6 is 11.6 Å². The summed E-state index contributed by atoms with van der Waals surface area (Å²) in [5, 5.41) is 13.4. The van der Waals surface area contributed by atoms with Gasteiger partial charge in [-0.3, -0.25) is 24.0 Å². The lowest BCUT2D eigenvalue weighted by molar-refractivity contribution is -0.145. The van der Waals surface area contributed by atoms with E-state index in [0.29, 0.717) is 47.4 Å². The Bertz CT molecular complexity index is 1650. The van der Waals surface area contributed by atoms with Crippen molar-refractivity contribution in [2.45, 2.75) is 121 Å². The van der Waals surface area contributed by atoms with E-state index in [2.05, 4.69) is 21.1 Å². The van der Waals surface area contributed by atoms with Crippen LogP contribution in [0.3, 0.4) is 0 Å². The minimum absolute atomic E-state index is 0.0189. The van der Waals surface area contributed by atoms with E-state index in [1.165, 1.54) is 19.1 Å². The number of benzene rings is 1. The Balaban J connectivity index is 1.27. The molecule has 15 heteroatoms. The lowest BCUT2D eigenvalue weighted by Gasteiger charge is -2.36. The second-order valence-electron chi connectivity index (χ2n) is 16.7. The lowest BCUT2D eigenvalue weighted by Crippen LogP contribution is -2.59. The highest BCUT2D eigenvalue weighted by molar-refractivity contribution is 6.38. The Hall–Kier alpha value is -3.91. The van der Waals surface area contributed by atoms with E-state index in [1.54, 1.807) is 12.1 Å². The van der Waals surface area contributed by atoms with E-state index in [0.717, 1.165) is 44.9 Å². The van der Waals surface area contributed by atoms with E-state index in [9.17, 15) is 24.0 Å². The van der Waals surface area contributed by atoms with E-state index in [-0.39, 0.29) is 49.6 Å². The largest absolute Gasteiger partial charge is 0.496 e. The van der Waals surface area contributed by atoms with Gasteiger partial charge in [-0.1, -0.05) is 56.8 Å². The topological polar surface area (TPSA) is 174 Å². The van der Waals surface area contributed by atoms with Crippen molar-refractivity contribution in [3.8, 4) is 11.5 Å². The van der Waals surface area contributed by atoms with Crippen LogP contribution in [0.25, 0.3) is 0 Å². The highest BCUT2D eigenvalue weighted by atomic mass is 35.5. The molecule has 1 aromatic carbocycles. The third-order valence-corrected chi connectivity index (χ3v) is 11.7. The van der Waals surface area contributed by atoms with Crippen molar-refractivity contribution < 1.29 is 43.0 Å². The van der Waals surface area contributed by atoms with Crippen molar-refractivity contribution in [3.05, 3.63) is 22.7 Å². The zero-order chi connectivity index (χ0) is 38.8. The molecule has 4 amide bonds. The molecule has 296 valence electrons. The number of carbonyl (C=O) groups is 5. The van der Waals surface area contributed by atoms with Crippen molar-refractivity contribution in [1.29, 1.82) is 0 Å². The second kappa shape index (κ2) is 16.4. The van der Waals surface area contributed by atoms with Gasteiger partial charge in [0, 0.05) is 50.1 Å². The van der Waals surface area contributed by atoms with Gasteiger partial charge in [0.15, 0.2) is 5.60 Å². The fourth-order valence-electron chi connectivity index (χ4n) is 7.81. The highest BCUT2D eigenvalue weighted by Crippen LogP contribution is 2.43. The number of ether oxygens (including phenoxy) is 3. The van der Waals surface area contributed by atoms with Gasteiger partial charge in [0.1, 0.15) is 23.6 Å². The average Bonchev–Trinajstić information content (AvgIpc) is 3.72. The van der Waals surface area contributed by atoms with E-state index in [4.69, 9.17) is 30.6 Å². The highest BCUT2D eigenvalue weighted by Gasteiger charge is 2.56. The van der Waals surface area contributed by atoms with Crippen LogP contribution in [0.2, 0.25) is 5.02 Å². The van der Waals surface area contributed by atoms with Crippen LogP contribution in [0.15, 0.2) is 17.3 Å². The third-order valence-electron chi connectivity index (χ3n) is 11.4. The third kappa shape index (κ3) is 9.13. The first kappa shape index (κ1) is 39.8. The van der Waals surface area contributed by atoms with Gasteiger partial charge in [0.2, 0.25) is 23.5 Å². The van der Waals surface area contributed by atoms with Crippen LogP contribution in [-0.4, -0.2) is 104 Å². The summed E-state index contributed by atoms with van der Waals surface area (Å²) in [5.74, 6) is -1.43. The molecule has 1 spiro atoms. The molecule has 3 aliphatic heterocycles. The van der Waals surface area contributed by atoms with Gasteiger partial charge in [0.05, 0.1) is 37.5 Å². The van der Waals surface area contributed by atoms with Crippen molar-refractivity contribution in [1.82, 2.24) is 20.9 Å². The number of carbonyl (C=O) groups excluding carboxylic acids is 5. The number of likely N-dealkylation sites (tertiary alicyclic amines) is 1. The molecule has 4 fully saturated rings. The van der Waals surface area contributed by atoms with Crippen LogP contribution in [-0.2, 0) is 33.5 Å². The van der Waals surface area contributed by atoms with E-state index in [1.807, 2.05) is 20.8 Å². The Labute approximate surface area is 321 Å². The molecule has 3 N–H and O–H groups in total. The number of Topliss-reactive ketones (excluding diaryl/α,β-unsaturated/α-hetero) is 1. The molecule has 4 atom stereocenters. The van der Waals surface area contributed by atoms with E-state index < -0.39 is 52.6 Å². The maximum atomic E-state index is 14.8. The zero-order valence-corrected chi connectivity index (χ0v) is 32.7. The molecule has 0 unspecified atom stereocenters. The Morgan fingerprint density at radius 2 is 1.69 bits per heavy atom. The van der Waals surface area contributed by atoms with Gasteiger partial charge in [0.25, 0.3) is 5.91 Å². The summed E-state index contributed by atoms with van der Waals surface area (Å²) >= 11 is 6.50. The molecule has 2 aliphatic carbocycles. The fraction of sp³-hybridized carbons (Fsp3) is 0.692. The summed E-state index contributed by atoms with van der Waals surface area (Å²) in [5.41, 5.74) is -0.757. The maximum Gasteiger partial charge on any atom is 0.289 e. The molecule has 0 radical (unpaired) electrons. The van der Waals surface area contributed by atoms with E-state index >= 15 is 0 Å². The SMILES string of the molecule is COc1cc(OC)c(C2=NO[C@]3(C2)C[C@@H](C(=O)N[C@@H](CC2CCC2)C(=O)C(=O)NC2CC2)N(C(=O)[C@@H](NC(=O)CC2CCOCC2)C(C)(C)C)C3)cc1Cl. The quantitative estimate of drug-likeness (QED) is 0.239. The molecule has 14 nitrogen and oxygen atoms in total. The minimum Gasteiger partial charge on any atom is -0.496 e. The molecule has 5 aliphatic rings. The Morgan fingerprint density at radius 1 is 0.981 bits per heavy atom. The van der Waals surface area contributed by atoms with Crippen LogP contribution in [0, 0.1) is 17.3 Å². The summed E-state index contributed by atoms with van der Waals surface area (Å²) in [6.07, 6.45) is 6.88. The predicted octanol–water partition coefficient (Wildman–Crippen LogP) is 3.69.